The lowest BCUT2D eigenvalue weighted by Crippen LogP contribution is -2.29. The van der Waals surface area contributed by atoms with Gasteiger partial charge in [-0.3, -0.25) is 4.79 Å². The Bertz CT molecular complexity index is 355. The maximum atomic E-state index is 12.3. The van der Waals surface area contributed by atoms with Crippen LogP contribution in [0.2, 0.25) is 0 Å². The van der Waals surface area contributed by atoms with Gasteiger partial charge in [-0.05, 0) is 11.8 Å². The average molecular weight is 278 g/mol. The van der Waals surface area contributed by atoms with Crippen molar-refractivity contribution in [1.29, 1.82) is 0 Å². The van der Waals surface area contributed by atoms with Gasteiger partial charge in [-0.1, -0.05) is 92.6 Å². The minimum absolute atomic E-state index is 0.175. The molecule has 0 radical (unpaired) electrons. The first kappa shape index (κ1) is 21.2. The van der Waals surface area contributed by atoms with Gasteiger partial charge in [-0.2, -0.15) is 0 Å². The summed E-state index contributed by atoms with van der Waals surface area (Å²) in [5.41, 5.74) is 0.699. The highest BCUT2D eigenvalue weighted by Gasteiger charge is 2.32. The fraction of sp³-hybridized carbons (Fsp3) is 0.632. The third kappa shape index (κ3) is 8.14. The number of benzene rings is 1. The summed E-state index contributed by atoms with van der Waals surface area (Å²) in [5.74, 6) is 0.239. The van der Waals surface area contributed by atoms with Crippen LogP contribution < -0.4 is 0 Å². The highest BCUT2D eigenvalue weighted by Crippen LogP contribution is 2.35. The van der Waals surface area contributed by atoms with Crippen LogP contribution in [0.1, 0.15) is 79.1 Å². The molecule has 0 fully saturated rings. The largest absolute Gasteiger partial charge is 0.294 e. The molecule has 1 rings (SSSR count). The molecule has 0 heterocycles. The van der Waals surface area contributed by atoms with E-state index in [1.54, 1.807) is 0 Å². The number of hydrogen-bond acceptors (Lipinski definition) is 1. The van der Waals surface area contributed by atoms with Gasteiger partial charge >= 0.3 is 0 Å². The van der Waals surface area contributed by atoms with E-state index in [0.29, 0.717) is 0 Å². The molecule has 1 nitrogen and oxygen atoms in total. The third-order valence-electron chi connectivity index (χ3n) is 2.62. The molecule has 0 unspecified atom stereocenters. The molecule has 0 spiro atoms. The van der Waals surface area contributed by atoms with Crippen LogP contribution >= 0.6 is 0 Å². The Morgan fingerprint density at radius 3 is 1.60 bits per heavy atom. The number of carbonyl (C=O) groups excluding carboxylic acids is 1. The van der Waals surface area contributed by atoms with Gasteiger partial charge in [0.05, 0.1) is 0 Å². The fourth-order valence-electron chi connectivity index (χ4n) is 2.39. The summed E-state index contributed by atoms with van der Waals surface area (Å²) in [6, 6.07) is 9.56. The standard InChI is InChI=1S/C15H22O.2C2H6/c1-14(2,3)11-15(4,5)13(16)12-9-7-6-8-10-12;2*1-2/h6-10H,11H2,1-5H3;2*1-2H3. The minimum atomic E-state index is -0.292. The number of ketones is 1. The number of hydrogen-bond donors (Lipinski definition) is 0. The normalized spacial score (nSPS) is 10.7. The molecule has 0 saturated heterocycles. The lowest BCUT2D eigenvalue weighted by molar-refractivity contribution is 0.0770. The van der Waals surface area contributed by atoms with Crippen LogP contribution in [0.25, 0.3) is 0 Å². The van der Waals surface area contributed by atoms with E-state index < -0.39 is 0 Å². The van der Waals surface area contributed by atoms with Crippen LogP contribution in [-0.4, -0.2) is 5.78 Å². The van der Waals surface area contributed by atoms with Gasteiger partial charge in [-0.25, -0.2) is 0 Å². The summed E-state index contributed by atoms with van der Waals surface area (Å²) in [5, 5.41) is 0. The highest BCUT2D eigenvalue weighted by atomic mass is 16.1. The summed E-state index contributed by atoms with van der Waals surface area (Å²) < 4.78 is 0. The van der Waals surface area contributed by atoms with Crippen molar-refractivity contribution in [1.82, 2.24) is 0 Å². The number of carbonyl (C=O) groups is 1. The Morgan fingerprint density at radius 1 is 0.850 bits per heavy atom. The first-order chi connectivity index (χ1) is 9.22. The van der Waals surface area contributed by atoms with Crippen molar-refractivity contribution >= 4 is 5.78 Å². The lowest BCUT2D eigenvalue weighted by Gasteiger charge is -2.31. The Labute approximate surface area is 126 Å². The lowest BCUT2D eigenvalue weighted by atomic mass is 9.72. The molecule has 0 aromatic heterocycles. The Kier molecular flexibility index (Phi) is 10.3. The summed E-state index contributed by atoms with van der Waals surface area (Å²) in [4.78, 5) is 12.3. The minimum Gasteiger partial charge on any atom is -0.294 e. The van der Waals surface area contributed by atoms with Gasteiger partial charge in [0.1, 0.15) is 0 Å². The van der Waals surface area contributed by atoms with Crippen molar-refractivity contribution in [2.45, 2.75) is 68.7 Å². The zero-order valence-electron chi connectivity index (χ0n) is 15.0. The molecule has 1 aromatic carbocycles. The topological polar surface area (TPSA) is 17.1 Å². The molecule has 0 saturated carbocycles. The molecule has 0 N–H and O–H groups in total. The summed E-state index contributed by atoms with van der Waals surface area (Å²) in [7, 11) is 0. The first-order valence-corrected chi connectivity index (χ1v) is 7.82. The van der Waals surface area contributed by atoms with Crippen LogP contribution in [0.15, 0.2) is 30.3 Å². The first-order valence-electron chi connectivity index (χ1n) is 7.82. The molecule has 0 aliphatic carbocycles. The van der Waals surface area contributed by atoms with Crippen molar-refractivity contribution in [2.24, 2.45) is 10.8 Å². The van der Waals surface area contributed by atoms with Crippen LogP contribution in [-0.2, 0) is 0 Å². The number of Topliss-reactive ketones (excluding diaryl/α,β-unsaturated/α-hetero) is 1. The predicted molar refractivity (Wildman–Crippen MR) is 91.3 cm³/mol. The molecule has 0 aliphatic rings. The molecule has 1 aromatic rings. The average Bonchev–Trinajstić information content (AvgIpc) is 2.41. The Balaban J connectivity index is 0. The molecule has 0 bridgehead atoms. The van der Waals surface area contributed by atoms with Crippen LogP contribution in [0.5, 0.6) is 0 Å². The van der Waals surface area contributed by atoms with Crippen LogP contribution in [0.4, 0.5) is 0 Å². The van der Waals surface area contributed by atoms with Crippen molar-refractivity contribution in [2.75, 3.05) is 0 Å². The van der Waals surface area contributed by atoms with Gasteiger partial charge in [0.15, 0.2) is 5.78 Å². The van der Waals surface area contributed by atoms with Gasteiger partial charge in [0, 0.05) is 11.0 Å². The van der Waals surface area contributed by atoms with Crippen LogP contribution in [0, 0.1) is 10.8 Å². The zero-order chi connectivity index (χ0) is 16.4. The second-order valence-electron chi connectivity index (χ2n) is 6.32. The molecule has 0 atom stereocenters. The quantitative estimate of drug-likeness (QED) is 0.586. The van der Waals surface area contributed by atoms with E-state index in [1.165, 1.54) is 0 Å². The fourth-order valence-corrected chi connectivity index (χ4v) is 2.39. The van der Waals surface area contributed by atoms with Gasteiger partial charge < -0.3 is 0 Å². The Morgan fingerprint density at radius 2 is 1.25 bits per heavy atom. The van der Waals surface area contributed by atoms with E-state index in [1.807, 2.05) is 71.9 Å². The van der Waals surface area contributed by atoms with Crippen molar-refractivity contribution in [3.63, 3.8) is 0 Å². The Hall–Kier alpha value is -1.11. The predicted octanol–water partition coefficient (Wildman–Crippen LogP) is 6.38. The summed E-state index contributed by atoms with van der Waals surface area (Å²) >= 11 is 0. The summed E-state index contributed by atoms with van der Waals surface area (Å²) in [6.07, 6.45) is 0.897. The second kappa shape index (κ2) is 9.74. The van der Waals surface area contributed by atoms with Crippen LogP contribution in [0.3, 0.4) is 0 Å². The zero-order valence-corrected chi connectivity index (χ0v) is 15.0. The van der Waals surface area contributed by atoms with Gasteiger partial charge in [0.2, 0.25) is 0 Å². The SMILES string of the molecule is CC.CC.CC(C)(C)CC(C)(C)C(=O)c1ccccc1. The molecule has 1 heteroatoms. The smallest absolute Gasteiger partial charge is 0.168 e. The van der Waals surface area contributed by atoms with Crippen molar-refractivity contribution in [3.8, 4) is 0 Å². The monoisotopic (exact) mass is 278 g/mol. The van der Waals surface area contributed by atoms with E-state index in [9.17, 15) is 4.79 Å². The van der Waals surface area contributed by atoms with E-state index in [2.05, 4.69) is 20.8 Å². The van der Waals surface area contributed by atoms with E-state index in [-0.39, 0.29) is 16.6 Å². The highest BCUT2D eigenvalue weighted by molar-refractivity contribution is 6.00. The molecular formula is C19H34O. The van der Waals surface area contributed by atoms with E-state index >= 15 is 0 Å². The maximum absolute atomic E-state index is 12.3. The second-order valence-corrected chi connectivity index (χ2v) is 6.32. The molecule has 20 heavy (non-hydrogen) atoms. The summed E-state index contributed by atoms with van der Waals surface area (Å²) in [6.45, 7) is 18.6. The maximum Gasteiger partial charge on any atom is 0.168 e. The number of rotatable bonds is 3. The molecule has 0 aliphatic heterocycles. The van der Waals surface area contributed by atoms with E-state index in [4.69, 9.17) is 0 Å². The molecule has 0 amide bonds. The van der Waals surface area contributed by atoms with Crippen molar-refractivity contribution < 1.29 is 4.79 Å². The molecule has 116 valence electrons. The third-order valence-corrected chi connectivity index (χ3v) is 2.62. The van der Waals surface area contributed by atoms with Crippen molar-refractivity contribution in [3.05, 3.63) is 35.9 Å². The van der Waals surface area contributed by atoms with Gasteiger partial charge in [-0.15, -0.1) is 0 Å². The molecular weight excluding hydrogens is 244 g/mol. The van der Waals surface area contributed by atoms with E-state index in [0.717, 1.165) is 12.0 Å². The van der Waals surface area contributed by atoms with Gasteiger partial charge in [0.25, 0.3) is 0 Å².